The van der Waals surface area contributed by atoms with Gasteiger partial charge in [-0.2, -0.15) is 0 Å². The molecule has 0 radical (unpaired) electrons. The molecular formula is C22H16N4O7. The Morgan fingerprint density at radius 3 is 2.73 bits per heavy atom. The summed E-state index contributed by atoms with van der Waals surface area (Å²) in [5.41, 5.74) is -0.174. The maximum Gasteiger partial charge on any atom is 0.411 e. The minimum absolute atomic E-state index is 0.0137. The average Bonchev–Trinajstić information content (AvgIpc) is 2.81. The van der Waals surface area contributed by atoms with E-state index in [1.54, 1.807) is 13.0 Å². The SMILES string of the molecule is CCOC(=O)Nc1cc(OC(=O)c2cccnc2)c(O)cc1-c1cc(=O)c2nccnc2o1. The molecule has 11 nitrogen and oxygen atoms in total. The lowest BCUT2D eigenvalue weighted by atomic mass is 10.1. The normalized spacial score (nSPS) is 10.6. The Morgan fingerprint density at radius 1 is 1.15 bits per heavy atom. The number of phenolic OH excluding ortho intramolecular Hbond substituents is 1. The van der Waals surface area contributed by atoms with Crippen molar-refractivity contribution in [3.63, 3.8) is 0 Å². The number of rotatable bonds is 5. The van der Waals surface area contributed by atoms with Crippen LogP contribution >= 0.6 is 0 Å². The molecule has 0 spiro atoms. The number of carbonyl (C=O) groups excluding carboxylic acids is 2. The lowest BCUT2D eigenvalue weighted by Gasteiger charge is -2.14. The molecule has 11 heteroatoms. The number of ether oxygens (including phenoxy) is 2. The second-order valence-electron chi connectivity index (χ2n) is 6.53. The fourth-order valence-electron chi connectivity index (χ4n) is 2.90. The van der Waals surface area contributed by atoms with Crippen LogP contribution in [0.15, 0.2) is 64.3 Å². The molecule has 2 N–H and O–H groups in total. The van der Waals surface area contributed by atoms with E-state index in [-0.39, 0.29) is 46.2 Å². The summed E-state index contributed by atoms with van der Waals surface area (Å²) in [5.74, 6) is -1.48. The molecule has 166 valence electrons. The van der Waals surface area contributed by atoms with Gasteiger partial charge in [0.05, 0.1) is 17.9 Å². The third-order valence-electron chi connectivity index (χ3n) is 4.34. The van der Waals surface area contributed by atoms with Crippen LogP contribution in [0, 0.1) is 0 Å². The second-order valence-corrected chi connectivity index (χ2v) is 6.53. The molecule has 1 amide bonds. The molecule has 0 fully saturated rings. The summed E-state index contributed by atoms with van der Waals surface area (Å²) >= 11 is 0. The Balaban J connectivity index is 1.79. The van der Waals surface area contributed by atoms with Crippen LogP contribution in [0.1, 0.15) is 17.3 Å². The van der Waals surface area contributed by atoms with E-state index in [0.717, 1.165) is 6.07 Å². The number of anilines is 1. The predicted molar refractivity (Wildman–Crippen MR) is 115 cm³/mol. The number of benzene rings is 1. The lowest BCUT2D eigenvalue weighted by Crippen LogP contribution is -2.15. The molecule has 0 saturated heterocycles. The van der Waals surface area contributed by atoms with Gasteiger partial charge in [0.25, 0.3) is 0 Å². The van der Waals surface area contributed by atoms with Crippen LogP contribution in [0.5, 0.6) is 11.5 Å². The molecule has 1 aromatic carbocycles. The number of fused-ring (bicyclic) bond motifs is 1. The number of aromatic hydroxyl groups is 1. The number of esters is 1. The van der Waals surface area contributed by atoms with Crippen molar-refractivity contribution in [2.24, 2.45) is 0 Å². The Morgan fingerprint density at radius 2 is 1.97 bits per heavy atom. The van der Waals surface area contributed by atoms with Gasteiger partial charge in [-0.25, -0.2) is 19.6 Å². The van der Waals surface area contributed by atoms with Crippen molar-refractivity contribution in [2.45, 2.75) is 6.92 Å². The van der Waals surface area contributed by atoms with Gasteiger partial charge in [-0.1, -0.05) is 0 Å². The van der Waals surface area contributed by atoms with Gasteiger partial charge in [-0.3, -0.25) is 15.1 Å². The van der Waals surface area contributed by atoms with Gasteiger partial charge in [0.1, 0.15) is 5.76 Å². The lowest BCUT2D eigenvalue weighted by molar-refractivity contribution is 0.0729. The minimum atomic E-state index is -0.808. The van der Waals surface area contributed by atoms with Crippen molar-refractivity contribution in [3.05, 3.63) is 70.9 Å². The van der Waals surface area contributed by atoms with Crippen molar-refractivity contribution in [2.75, 3.05) is 11.9 Å². The van der Waals surface area contributed by atoms with E-state index in [1.165, 1.54) is 43.0 Å². The zero-order valence-electron chi connectivity index (χ0n) is 17.1. The number of phenols is 1. The van der Waals surface area contributed by atoms with Crippen LogP contribution in [-0.4, -0.2) is 38.7 Å². The molecule has 4 aromatic rings. The van der Waals surface area contributed by atoms with Gasteiger partial charge in [0.15, 0.2) is 17.0 Å². The largest absolute Gasteiger partial charge is 0.504 e. The molecule has 3 heterocycles. The zero-order valence-corrected chi connectivity index (χ0v) is 17.1. The average molecular weight is 448 g/mol. The van der Waals surface area contributed by atoms with Crippen LogP contribution in [0.3, 0.4) is 0 Å². The van der Waals surface area contributed by atoms with Crippen molar-refractivity contribution in [1.82, 2.24) is 15.0 Å². The minimum Gasteiger partial charge on any atom is -0.504 e. The molecule has 33 heavy (non-hydrogen) atoms. The number of carbonyl (C=O) groups is 2. The maximum absolute atomic E-state index is 12.5. The Hall–Kier alpha value is -4.80. The van der Waals surface area contributed by atoms with Crippen molar-refractivity contribution in [1.29, 1.82) is 0 Å². The van der Waals surface area contributed by atoms with E-state index >= 15 is 0 Å². The Kier molecular flexibility index (Phi) is 5.94. The van der Waals surface area contributed by atoms with Crippen LogP contribution in [0.2, 0.25) is 0 Å². The highest BCUT2D eigenvalue weighted by atomic mass is 16.5. The van der Waals surface area contributed by atoms with E-state index in [4.69, 9.17) is 13.9 Å². The van der Waals surface area contributed by atoms with Crippen LogP contribution in [0.4, 0.5) is 10.5 Å². The highest BCUT2D eigenvalue weighted by molar-refractivity contribution is 5.94. The molecule has 0 saturated carbocycles. The number of nitrogens with zero attached hydrogens (tertiary/aromatic N) is 3. The molecule has 0 aliphatic rings. The molecule has 0 unspecified atom stereocenters. The molecule has 0 aliphatic carbocycles. The first-order valence-electron chi connectivity index (χ1n) is 9.64. The third kappa shape index (κ3) is 4.61. The van der Waals surface area contributed by atoms with Crippen molar-refractivity contribution >= 4 is 29.0 Å². The smallest absolute Gasteiger partial charge is 0.411 e. The standard InChI is InChI=1S/C22H16N4O7/c1-2-31-22(30)26-14-9-18(33-21(29)12-4-3-5-23-11-12)15(27)8-13(14)17-10-16(28)19-20(32-17)25-7-6-24-19/h3-11,27H,2H2,1H3,(H,26,30). The summed E-state index contributed by atoms with van der Waals surface area (Å²) in [4.78, 5) is 48.7. The summed E-state index contributed by atoms with van der Waals surface area (Å²) in [6, 6.07) is 6.56. The first kappa shape index (κ1) is 21.4. The molecule has 3 aromatic heterocycles. The Labute approximate surface area is 185 Å². The molecular weight excluding hydrogens is 432 g/mol. The maximum atomic E-state index is 12.5. The molecule has 0 aliphatic heterocycles. The molecule has 0 bridgehead atoms. The van der Waals surface area contributed by atoms with Gasteiger partial charge in [0, 0.05) is 42.5 Å². The van der Waals surface area contributed by atoms with Gasteiger partial charge in [-0.15, -0.1) is 0 Å². The number of pyridine rings is 1. The van der Waals surface area contributed by atoms with Gasteiger partial charge >= 0.3 is 12.1 Å². The van der Waals surface area contributed by atoms with Gasteiger partial charge < -0.3 is 19.0 Å². The summed E-state index contributed by atoms with van der Waals surface area (Å²) in [6.07, 6.45) is 4.69. The predicted octanol–water partition coefficient (Wildman–Crippen LogP) is 3.14. The topological polar surface area (TPSA) is 154 Å². The van der Waals surface area contributed by atoms with E-state index in [1.807, 2.05) is 0 Å². The highest BCUT2D eigenvalue weighted by Crippen LogP contribution is 2.39. The highest BCUT2D eigenvalue weighted by Gasteiger charge is 2.20. The number of nitrogens with one attached hydrogen (secondary N) is 1. The van der Waals surface area contributed by atoms with Crippen LogP contribution in [-0.2, 0) is 4.74 Å². The van der Waals surface area contributed by atoms with E-state index in [0.29, 0.717) is 0 Å². The van der Waals surface area contributed by atoms with E-state index in [2.05, 4.69) is 20.3 Å². The number of aromatic nitrogens is 3. The molecule has 4 rings (SSSR count). The van der Waals surface area contributed by atoms with Crippen molar-refractivity contribution < 1.29 is 28.6 Å². The zero-order chi connectivity index (χ0) is 23.4. The summed E-state index contributed by atoms with van der Waals surface area (Å²) in [5, 5.41) is 13.0. The van der Waals surface area contributed by atoms with E-state index < -0.39 is 23.2 Å². The van der Waals surface area contributed by atoms with Crippen molar-refractivity contribution in [3.8, 4) is 22.8 Å². The Bertz CT molecular complexity index is 1400. The van der Waals surface area contributed by atoms with Crippen LogP contribution < -0.4 is 15.5 Å². The fourth-order valence-corrected chi connectivity index (χ4v) is 2.90. The van der Waals surface area contributed by atoms with Gasteiger partial charge in [0.2, 0.25) is 11.1 Å². The monoisotopic (exact) mass is 448 g/mol. The third-order valence-corrected chi connectivity index (χ3v) is 4.34. The quantitative estimate of drug-likeness (QED) is 0.264. The number of hydrogen-bond donors (Lipinski definition) is 2. The van der Waals surface area contributed by atoms with Gasteiger partial charge in [-0.05, 0) is 25.1 Å². The summed E-state index contributed by atoms with van der Waals surface area (Å²) in [7, 11) is 0. The fraction of sp³-hybridized carbons (Fsp3) is 0.0909. The molecule has 0 atom stereocenters. The van der Waals surface area contributed by atoms with E-state index in [9.17, 15) is 19.5 Å². The number of amides is 1. The summed E-state index contributed by atoms with van der Waals surface area (Å²) < 4.78 is 15.8. The second kappa shape index (κ2) is 9.14. The first-order valence-corrected chi connectivity index (χ1v) is 9.64. The van der Waals surface area contributed by atoms with Crippen LogP contribution in [0.25, 0.3) is 22.6 Å². The number of hydrogen-bond acceptors (Lipinski definition) is 10. The first-order chi connectivity index (χ1) is 16.0. The summed E-state index contributed by atoms with van der Waals surface area (Å²) in [6.45, 7) is 1.72.